The van der Waals surface area contributed by atoms with Gasteiger partial charge in [0.25, 0.3) is 0 Å². The van der Waals surface area contributed by atoms with Crippen LogP contribution in [0.1, 0.15) is 16.7 Å². The third kappa shape index (κ3) is 4.59. The summed E-state index contributed by atoms with van der Waals surface area (Å²) in [5, 5.41) is 2.76. The molecule has 170 valence electrons. The summed E-state index contributed by atoms with van der Waals surface area (Å²) in [6.45, 7) is 0. The zero-order valence-electron chi connectivity index (χ0n) is 19.8. The molecule has 0 saturated carbocycles. The average molecular weight is 585 g/mol. The standard InChI is InChI=1S/C28H19P.C6H5.Sb/c1-5-13-24(14-6-1)21-22-29(27-19-11-4-12-20-27)28(26-17-9-3-10-18-26)23-25-15-7-2-8-16-25;1-2-4-6-5-3-1;/h1-17,19-20H;1-5H;. The Hall–Kier alpha value is -3.35. The molecule has 0 spiro atoms. The maximum atomic E-state index is 3.79. The first-order valence-corrected chi connectivity index (χ1v) is 17.2. The van der Waals surface area contributed by atoms with E-state index in [1.54, 1.807) is 7.03 Å². The van der Waals surface area contributed by atoms with E-state index < -0.39 is 28.1 Å². The Bertz CT molecular complexity index is 1560. The number of hydrogen-bond donors (Lipinski definition) is 0. The van der Waals surface area contributed by atoms with Crippen LogP contribution in [0.4, 0.5) is 0 Å². The van der Waals surface area contributed by atoms with Gasteiger partial charge in [0.05, 0.1) is 0 Å². The summed E-state index contributed by atoms with van der Waals surface area (Å²) in [7, 11) is -0.883. The minimum atomic E-state index is -2.28. The van der Waals surface area contributed by atoms with Gasteiger partial charge in [-0.1, -0.05) is 0 Å². The molecule has 5 aromatic carbocycles. The van der Waals surface area contributed by atoms with Gasteiger partial charge in [-0.05, 0) is 0 Å². The van der Waals surface area contributed by atoms with Crippen LogP contribution in [0.5, 0.6) is 0 Å². The molecule has 0 aromatic heterocycles. The van der Waals surface area contributed by atoms with E-state index in [2.05, 4.69) is 151 Å². The van der Waals surface area contributed by atoms with Crippen molar-refractivity contribution in [2.24, 2.45) is 0 Å². The van der Waals surface area contributed by atoms with Gasteiger partial charge in [-0.15, -0.1) is 0 Å². The van der Waals surface area contributed by atoms with Gasteiger partial charge in [-0.2, -0.15) is 0 Å². The van der Waals surface area contributed by atoms with E-state index in [4.69, 9.17) is 0 Å². The molecule has 0 aliphatic carbocycles. The summed E-state index contributed by atoms with van der Waals surface area (Å²) < 4.78 is 4.61. The SMILES string of the molecule is C(#CP(C1=[C](c2ccccc2)[Sb]([c]2ccccc2)[c]2ccccc21)c1ccccc1)c1ccccc1. The van der Waals surface area contributed by atoms with E-state index in [0.29, 0.717) is 0 Å². The summed E-state index contributed by atoms with van der Waals surface area (Å²) >= 11 is -2.28. The van der Waals surface area contributed by atoms with Crippen molar-refractivity contribution in [3.05, 3.63) is 162 Å². The van der Waals surface area contributed by atoms with Gasteiger partial charge in [0, 0.05) is 0 Å². The van der Waals surface area contributed by atoms with Gasteiger partial charge in [0.2, 0.25) is 0 Å². The van der Waals surface area contributed by atoms with Crippen LogP contribution in [0.2, 0.25) is 0 Å². The molecule has 0 nitrogen and oxygen atoms in total. The third-order valence-corrected chi connectivity index (χ3v) is 16.3. The predicted octanol–water partition coefficient (Wildman–Crippen LogP) is 6.53. The van der Waals surface area contributed by atoms with Crippen LogP contribution in [0.15, 0.2) is 146 Å². The number of fused-ring (bicyclic) bond motifs is 1. The molecule has 0 amide bonds. The molecule has 36 heavy (non-hydrogen) atoms. The van der Waals surface area contributed by atoms with Crippen LogP contribution in [0, 0.1) is 11.6 Å². The van der Waals surface area contributed by atoms with Crippen molar-refractivity contribution < 1.29 is 0 Å². The van der Waals surface area contributed by atoms with Crippen LogP contribution in [0.3, 0.4) is 0 Å². The first-order valence-electron chi connectivity index (χ1n) is 12.1. The molecule has 1 unspecified atom stereocenters. The van der Waals surface area contributed by atoms with Crippen molar-refractivity contribution in [3.8, 4) is 11.6 Å². The third-order valence-electron chi connectivity index (χ3n) is 6.23. The second kappa shape index (κ2) is 10.7. The van der Waals surface area contributed by atoms with Crippen molar-refractivity contribution >= 4 is 49.3 Å². The summed E-state index contributed by atoms with van der Waals surface area (Å²) in [6, 6.07) is 52.7. The number of rotatable bonds is 4. The van der Waals surface area contributed by atoms with Gasteiger partial charge in [-0.25, -0.2) is 0 Å². The molecule has 0 bridgehead atoms. The van der Waals surface area contributed by atoms with Gasteiger partial charge in [-0.3, -0.25) is 0 Å². The molecule has 0 saturated heterocycles. The second-order valence-electron chi connectivity index (χ2n) is 8.53. The summed E-state index contributed by atoms with van der Waals surface area (Å²) in [4.78, 5) is 0. The molecule has 5 aromatic rings. The molecule has 0 fully saturated rings. The van der Waals surface area contributed by atoms with E-state index >= 15 is 0 Å². The maximum absolute atomic E-state index is 3.79. The molecule has 6 rings (SSSR count). The van der Waals surface area contributed by atoms with E-state index in [-0.39, 0.29) is 0 Å². The average Bonchev–Trinajstić information content (AvgIpc) is 3.30. The predicted molar refractivity (Wildman–Crippen MR) is 157 cm³/mol. The molecule has 0 radical (unpaired) electrons. The summed E-state index contributed by atoms with van der Waals surface area (Å²) in [6.07, 6.45) is 0. The van der Waals surface area contributed by atoms with E-state index in [9.17, 15) is 0 Å². The molecular formula is C34H24PSb. The first kappa shape index (κ1) is 23.1. The van der Waals surface area contributed by atoms with Crippen LogP contribution >= 0.6 is 7.92 Å². The van der Waals surface area contributed by atoms with Crippen molar-refractivity contribution in [1.82, 2.24) is 0 Å². The molecule has 2 heteroatoms. The minimum absolute atomic E-state index is 0.883. The quantitative estimate of drug-likeness (QED) is 0.128. The van der Waals surface area contributed by atoms with E-state index in [0.717, 1.165) is 5.56 Å². The first-order chi connectivity index (χ1) is 17.9. The Kier molecular flexibility index (Phi) is 6.87. The van der Waals surface area contributed by atoms with E-state index in [1.165, 1.54) is 25.3 Å². The normalized spacial score (nSPS) is 13.6. The van der Waals surface area contributed by atoms with Crippen LogP contribution in [0.25, 0.3) is 8.83 Å². The fourth-order valence-electron chi connectivity index (χ4n) is 4.62. The Morgan fingerprint density at radius 2 is 1.08 bits per heavy atom. The zero-order chi connectivity index (χ0) is 24.2. The van der Waals surface area contributed by atoms with E-state index in [1.807, 2.05) is 6.07 Å². The monoisotopic (exact) mass is 584 g/mol. The summed E-state index contributed by atoms with van der Waals surface area (Å²) in [5.74, 6) is 3.54. The molecular weight excluding hydrogens is 561 g/mol. The molecule has 0 N–H and O–H groups in total. The van der Waals surface area contributed by atoms with Crippen molar-refractivity contribution in [2.75, 3.05) is 0 Å². The second-order valence-corrected chi connectivity index (χ2v) is 16.4. The Morgan fingerprint density at radius 3 is 1.78 bits per heavy atom. The molecule has 1 atom stereocenters. The molecule has 1 aliphatic heterocycles. The Morgan fingerprint density at radius 1 is 0.528 bits per heavy atom. The van der Waals surface area contributed by atoms with Crippen LogP contribution in [-0.2, 0) is 0 Å². The number of benzene rings is 5. The Labute approximate surface area is 222 Å². The molecule has 1 aliphatic rings. The van der Waals surface area contributed by atoms with Crippen LogP contribution < -0.4 is 12.3 Å². The summed E-state index contributed by atoms with van der Waals surface area (Å²) in [5.41, 5.74) is 7.61. The Balaban J connectivity index is 1.65. The fourth-order valence-corrected chi connectivity index (χ4v) is 16.0. The van der Waals surface area contributed by atoms with Gasteiger partial charge in [0.15, 0.2) is 0 Å². The van der Waals surface area contributed by atoms with Gasteiger partial charge in [0.1, 0.15) is 0 Å². The number of hydrogen-bond acceptors (Lipinski definition) is 0. The van der Waals surface area contributed by atoms with Crippen molar-refractivity contribution in [1.29, 1.82) is 0 Å². The fraction of sp³-hybridized carbons (Fsp3) is 0. The van der Waals surface area contributed by atoms with Crippen molar-refractivity contribution in [2.45, 2.75) is 0 Å². The van der Waals surface area contributed by atoms with Crippen molar-refractivity contribution in [3.63, 3.8) is 0 Å². The topological polar surface area (TPSA) is 0 Å². The molecule has 1 heterocycles. The van der Waals surface area contributed by atoms with Gasteiger partial charge >= 0.3 is 223 Å². The van der Waals surface area contributed by atoms with Gasteiger partial charge < -0.3 is 0 Å². The van der Waals surface area contributed by atoms with Crippen LogP contribution in [-0.4, -0.2) is 20.2 Å². The zero-order valence-corrected chi connectivity index (χ0v) is 23.2.